The molecule has 1 aliphatic rings. The number of amides is 1. The van der Waals surface area contributed by atoms with Gasteiger partial charge in [0.2, 0.25) is 0 Å². The van der Waals surface area contributed by atoms with Gasteiger partial charge in [0, 0.05) is 18.2 Å². The third-order valence-electron chi connectivity index (χ3n) is 2.78. The molecule has 0 bridgehead atoms. The summed E-state index contributed by atoms with van der Waals surface area (Å²) in [5, 5.41) is 6.13. The molecule has 5 heteroatoms. The first-order valence-electron chi connectivity index (χ1n) is 5.53. The summed E-state index contributed by atoms with van der Waals surface area (Å²) in [4.78, 5) is 11.7. The molecule has 0 saturated carbocycles. The van der Waals surface area contributed by atoms with E-state index in [1.807, 2.05) is 0 Å². The third kappa shape index (κ3) is 3.98. The van der Waals surface area contributed by atoms with Crippen LogP contribution in [0.1, 0.15) is 23.2 Å². The molecular weight excluding hydrogens is 243 g/mol. The largest absolute Gasteiger partial charge is 0.350 e. The van der Waals surface area contributed by atoms with E-state index < -0.39 is 0 Å². The minimum Gasteiger partial charge on any atom is -0.350 e. The Morgan fingerprint density at radius 3 is 2.71 bits per heavy atom. The molecule has 0 aromatic heterocycles. The zero-order chi connectivity index (χ0) is 11.4. The molecule has 1 aliphatic heterocycles. The van der Waals surface area contributed by atoms with Crippen LogP contribution >= 0.6 is 12.4 Å². The maximum atomic E-state index is 12.6. The Hall–Kier alpha value is -1.13. The highest BCUT2D eigenvalue weighted by Gasteiger charge is 2.15. The van der Waals surface area contributed by atoms with Gasteiger partial charge >= 0.3 is 0 Å². The molecule has 1 amide bonds. The molecule has 0 radical (unpaired) electrons. The molecule has 2 rings (SSSR count). The first kappa shape index (κ1) is 13.9. The summed E-state index contributed by atoms with van der Waals surface area (Å²) >= 11 is 0. The maximum absolute atomic E-state index is 12.6. The number of nitrogens with one attached hydrogen (secondary N) is 2. The topological polar surface area (TPSA) is 41.1 Å². The van der Waals surface area contributed by atoms with Crippen molar-refractivity contribution < 1.29 is 9.18 Å². The second-order valence-electron chi connectivity index (χ2n) is 4.01. The zero-order valence-corrected chi connectivity index (χ0v) is 10.2. The van der Waals surface area contributed by atoms with E-state index in [4.69, 9.17) is 0 Å². The first-order valence-corrected chi connectivity index (χ1v) is 5.53. The van der Waals surface area contributed by atoms with Crippen molar-refractivity contribution in [2.75, 3.05) is 13.1 Å². The molecule has 0 aliphatic carbocycles. The van der Waals surface area contributed by atoms with Crippen LogP contribution in [0, 0.1) is 5.82 Å². The summed E-state index contributed by atoms with van der Waals surface area (Å²) in [7, 11) is 0. The number of halogens is 2. The predicted molar refractivity (Wildman–Crippen MR) is 67.0 cm³/mol. The summed E-state index contributed by atoms with van der Waals surface area (Å²) in [5.74, 6) is -0.470. The highest BCUT2D eigenvalue weighted by Crippen LogP contribution is 2.05. The number of rotatable bonds is 3. The Morgan fingerprint density at radius 1 is 1.41 bits per heavy atom. The molecule has 0 unspecified atom stereocenters. The normalized spacial score (nSPS) is 18.5. The van der Waals surface area contributed by atoms with Gasteiger partial charge in [-0.15, -0.1) is 12.4 Å². The molecule has 3 nitrogen and oxygen atoms in total. The van der Waals surface area contributed by atoms with E-state index >= 15 is 0 Å². The third-order valence-corrected chi connectivity index (χ3v) is 2.78. The van der Waals surface area contributed by atoms with Gasteiger partial charge in [0.25, 0.3) is 5.91 Å². The number of carbonyl (C=O) groups is 1. The van der Waals surface area contributed by atoms with E-state index in [1.54, 1.807) is 0 Å². The number of benzene rings is 1. The lowest BCUT2D eigenvalue weighted by Gasteiger charge is -2.11. The SMILES string of the molecule is Cl.O=C(NC[C@H]1CCCN1)c1ccc(F)cc1. The van der Waals surface area contributed by atoms with E-state index in [0.29, 0.717) is 18.2 Å². The molecule has 0 spiro atoms. The fraction of sp³-hybridized carbons (Fsp3) is 0.417. The Balaban J connectivity index is 0.00000144. The summed E-state index contributed by atoms with van der Waals surface area (Å²) in [6.45, 7) is 1.66. The fourth-order valence-electron chi connectivity index (χ4n) is 1.85. The lowest BCUT2D eigenvalue weighted by molar-refractivity contribution is 0.0950. The molecule has 17 heavy (non-hydrogen) atoms. The molecule has 1 fully saturated rings. The van der Waals surface area contributed by atoms with Crippen LogP contribution < -0.4 is 10.6 Å². The van der Waals surface area contributed by atoms with Gasteiger partial charge in [0.05, 0.1) is 0 Å². The average molecular weight is 259 g/mol. The van der Waals surface area contributed by atoms with Crippen molar-refractivity contribution in [3.8, 4) is 0 Å². The van der Waals surface area contributed by atoms with Gasteiger partial charge in [-0.05, 0) is 43.7 Å². The van der Waals surface area contributed by atoms with Crippen molar-refractivity contribution in [3.63, 3.8) is 0 Å². The van der Waals surface area contributed by atoms with E-state index in [1.165, 1.54) is 24.3 Å². The van der Waals surface area contributed by atoms with Crippen LogP contribution in [-0.2, 0) is 0 Å². The van der Waals surface area contributed by atoms with E-state index in [2.05, 4.69) is 10.6 Å². The van der Waals surface area contributed by atoms with Gasteiger partial charge in [0.15, 0.2) is 0 Å². The van der Waals surface area contributed by atoms with Crippen LogP contribution in [0.2, 0.25) is 0 Å². The van der Waals surface area contributed by atoms with Gasteiger partial charge in [-0.25, -0.2) is 4.39 Å². The predicted octanol–water partition coefficient (Wildman–Crippen LogP) is 1.73. The standard InChI is InChI=1S/C12H15FN2O.ClH/c13-10-5-3-9(4-6-10)12(16)15-8-11-2-1-7-14-11;/h3-6,11,14H,1-2,7-8H2,(H,15,16);1H/t11-;/m1./s1. The monoisotopic (exact) mass is 258 g/mol. The second-order valence-corrected chi connectivity index (χ2v) is 4.01. The zero-order valence-electron chi connectivity index (χ0n) is 9.41. The molecule has 1 atom stereocenters. The van der Waals surface area contributed by atoms with Crippen molar-refractivity contribution >= 4 is 18.3 Å². The summed E-state index contributed by atoms with van der Waals surface area (Å²) in [6.07, 6.45) is 2.26. The van der Waals surface area contributed by atoms with Gasteiger partial charge in [-0.3, -0.25) is 4.79 Å². The highest BCUT2D eigenvalue weighted by atomic mass is 35.5. The first-order chi connectivity index (χ1) is 7.75. The molecule has 2 N–H and O–H groups in total. The van der Waals surface area contributed by atoms with Gasteiger partial charge in [-0.1, -0.05) is 0 Å². The smallest absolute Gasteiger partial charge is 0.251 e. The van der Waals surface area contributed by atoms with Crippen LogP contribution in [0.5, 0.6) is 0 Å². The van der Waals surface area contributed by atoms with Crippen molar-refractivity contribution in [1.29, 1.82) is 0 Å². The second kappa shape index (κ2) is 6.57. The van der Waals surface area contributed by atoms with Crippen molar-refractivity contribution in [1.82, 2.24) is 10.6 Å². The maximum Gasteiger partial charge on any atom is 0.251 e. The van der Waals surface area contributed by atoms with Crippen molar-refractivity contribution in [3.05, 3.63) is 35.6 Å². The Morgan fingerprint density at radius 2 is 2.12 bits per heavy atom. The molecule has 1 aromatic carbocycles. The van der Waals surface area contributed by atoms with Gasteiger partial charge in [0.1, 0.15) is 5.82 Å². The lowest BCUT2D eigenvalue weighted by Crippen LogP contribution is -2.37. The Kier molecular flexibility index (Phi) is 5.38. The summed E-state index contributed by atoms with van der Waals surface area (Å²) < 4.78 is 12.6. The van der Waals surface area contributed by atoms with Crippen LogP contribution in [0.4, 0.5) is 4.39 Å². The Bertz CT molecular complexity index is 363. The van der Waals surface area contributed by atoms with E-state index in [-0.39, 0.29) is 24.1 Å². The van der Waals surface area contributed by atoms with Gasteiger partial charge in [-0.2, -0.15) is 0 Å². The van der Waals surface area contributed by atoms with Crippen LogP contribution in [-0.4, -0.2) is 25.0 Å². The van der Waals surface area contributed by atoms with Crippen LogP contribution in [0.3, 0.4) is 0 Å². The van der Waals surface area contributed by atoms with E-state index in [0.717, 1.165) is 19.4 Å². The van der Waals surface area contributed by atoms with Crippen molar-refractivity contribution in [2.45, 2.75) is 18.9 Å². The van der Waals surface area contributed by atoms with Crippen LogP contribution in [0.15, 0.2) is 24.3 Å². The number of carbonyl (C=O) groups excluding carboxylic acids is 1. The molecular formula is C12H16ClFN2O. The Labute approximate surface area is 106 Å². The fourth-order valence-corrected chi connectivity index (χ4v) is 1.85. The summed E-state index contributed by atoms with van der Waals surface area (Å²) in [6, 6.07) is 5.95. The molecule has 1 heterocycles. The van der Waals surface area contributed by atoms with Gasteiger partial charge < -0.3 is 10.6 Å². The number of hydrogen-bond donors (Lipinski definition) is 2. The molecule has 94 valence electrons. The highest BCUT2D eigenvalue weighted by molar-refractivity contribution is 5.94. The molecule has 1 saturated heterocycles. The lowest BCUT2D eigenvalue weighted by atomic mass is 10.2. The van der Waals surface area contributed by atoms with Crippen molar-refractivity contribution in [2.24, 2.45) is 0 Å². The van der Waals surface area contributed by atoms with E-state index in [9.17, 15) is 9.18 Å². The molecule has 1 aromatic rings. The average Bonchev–Trinajstić information content (AvgIpc) is 2.80. The van der Waals surface area contributed by atoms with Crippen LogP contribution in [0.25, 0.3) is 0 Å². The minimum atomic E-state index is -0.325. The minimum absolute atomic E-state index is 0. The summed E-state index contributed by atoms with van der Waals surface area (Å²) in [5.41, 5.74) is 0.499. The quantitative estimate of drug-likeness (QED) is 0.867. The number of hydrogen-bond acceptors (Lipinski definition) is 2.